The van der Waals surface area contributed by atoms with Crippen molar-refractivity contribution < 1.29 is 9.59 Å². The Balaban J connectivity index is 1.86. The third kappa shape index (κ3) is 2.93. The molecule has 1 atom stereocenters. The van der Waals surface area contributed by atoms with Crippen LogP contribution in [-0.2, 0) is 11.8 Å². The average molecular weight is 347 g/mol. The largest absolute Gasteiger partial charge is 0.330 e. The van der Waals surface area contributed by atoms with E-state index in [1.165, 1.54) is 18.3 Å². The molecule has 1 N–H and O–H groups in total. The van der Waals surface area contributed by atoms with E-state index in [4.69, 9.17) is 0 Å². The van der Waals surface area contributed by atoms with Gasteiger partial charge in [-0.2, -0.15) is 5.10 Å². The maximum absolute atomic E-state index is 12.9. The average Bonchev–Trinajstić information content (AvgIpc) is 3.19. The number of nitrogens with zero attached hydrogens (tertiary/aromatic N) is 4. The molecule has 0 radical (unpaired) electrons. The number of hydrogen-bond donors (Lipinski definition) is 1. The van der Waals surface area contributed by atoms with Crippen molar-refractivity contribution in [1.29, 1.82) is 0 Å². The van der Waals surface area contributed by atoms with Crippen LogP contribution in [0.15, 0.2) is 5.38 Å². The zero-order valence-corrected chi connectivity index (χ0v) is 15.1. The van der Waals surface area contributed by atoms with Crippen molar-refractivity contribution >= 4 is 28.3 Å². The van der Waals surface area contributed by atoms with Gasteiger partial charge < -0.3 is 10.2 Å². The minimum Gasteiger partial charge on any atom is -0.330 e. The third-order valence-corrected chi connectivity index (χ3v) is 5.18. The Morgan fingerprint density at radius 2 is 2.12 bits per heavy atom. The van der Waals surface area contributed by atoms with E-state index in [0.717, 1.165) is 29.8 Å². The first kappa shape index (κ1) is 16.6. The Bertz CT molecular complexity index is 794. The molecule has 3 heterocycles. The van der Waals surface area contributed by atoms with Crippen LogP contribution >= 0.6 is 11.3 Å². The van der Waals surface area contributed by atoms with E-state index in [9.17, 15) is 9.59 Å². The molecule has 2 aromatic rings. The Kier molecular flexibility index (Phi) is 4.40. The molecular formula is C16H21N5O2S. The van der Waals surface area contributed by atoms with E-state index in [-0.39, 0.29) is 17.9 Å². The molecule has 128 valence electrons. The molecule has 0 spiro atoms. The van der Waals surface area contributed by atoms with Crippen molar-refractivity contribution in [2.75, 3.05) is 11.9 Å². The van der Waals surface area contributed by atoms with Gasteiger partial charge in [0.25, 0.3) is 5.91 Å². The van der Waals surface area contributed by atoms with Gasteiger partial charge in [0.2, 0.25) is 5.91 Å². The number of carbonyl (C=O) groups excluding carboxylic acids is 2. The second-order valence-corrected chi connectivity index (χ2v) is 6.94. The van der Waals surface area contributed by atoms with Crippen LogP contribution in [-0.4, -0.2) is 38.0 Å². The number of aryl methyl sites for hydroxylation is 2. The van der Waals surface area contributed by atoms with Gasteiger partial charge in [-0.3, -0.25) is 14.3 Å². The van der Waals surface area contributed by atoms with Crippen molar-refractivity contribution in [3.05, 3.63) is 28.0 Å². The van der Waals surface area contributed by atoms with Crippen LogP contribution in [0.5, 0.6) is 0 Å². The quantitative estimate of drug-likeness (QED) is 0.925. The monoisotopic (exact) mass is 347 g/mol. The molecule has 1 aliphatic rings. The lowest BCUT2D eigenvalue weighted by Gasteiger charge is -2.24. The number of nitrogens with one attached hydrogen (secondary N) is 1. The smallest absolute Gasteiger partial charge is 0.273 e. The van der Waals surface area contributed by atoms with E-state index >= 15 is 0 Å². The minimum atomic E-state index is -0.191. The van der Waals surface area contributed by atoms with E-state index in [1.807, 2.05) is 30.5 Å². The first-order chi connectivity index (χ1) is 11.4. The molecule has 1 saturated heterocycles. The standard InChI is InChI=1S/C16H21N5O2S/c1-9-14(10(2)20(4)19-9)13-6-5-7-21(13)15(23)12-8-24-16(18-12)17-11(3)22/h8,13H,5-7H2,1-4H3,(H,17,18,22)/t13-/m0/s1. The predicted molar refractivity (Wildman–Crippen MR) is 92.1 cm³/mol. The van der Waals surface area contributed by atoms with Gasteiger partial charge in [-0.05, 0) is 26.7 Å². The maximum Gasteiger partial charge on any atom is 0.273 e. The van der Waals surface area contributed by atoms with E-state index in [2.05, 4.69) is 15.4 Å². The summed E-state index contributed by atoms with van der Waals surface area (Å²) in [5.74, 6) is -0.281. The fraction of sp³-hybridized carbons (Fsp3) is 0.500. The maximum atomic E-state index is 12.9. The van der Waals surface area contributed by atoms with Crippen LogP contribution in [0.2, 0.25) is 0 Å². The first-order valence-electron chi connectivity index (χ1n) is 7.92. The zero-order chi connectivity index (χ0) is 17.4. The van der Waals surface area contributed by atoms with Gasteiger partial charge in [0.15, 0.2) is 5.13 Å². The molecule has 0 saturated carbocycles. The second kappa shape index (κ2) is 6.35. The number of carbonyl (C=O) groups is 2. The minimum absolute atomic E-state index is 0.0390. The first-order valence-corrected chi connectivity index (χ1v) is 8.80. The molecule has 8 heteroatoms. The van der Waals surface area contributed by atoms with E-state index in [1.54, 1.807) is 5.38 Å². The molecule has 7 nitrogen and oxygen atoms in total. The lowest BCUT2D eigenvalue weighted by molar-refractivity contribution is -0.114. The number of thiazole rings is 1. The van der Waals surface area contributed by atoms with Gasteiger partial charge in [-0.1, -0.05) is 0 Å². The number of anilines is 1. The predicted octanol–water partition coefficient (Wildman–Crippen LogP) is 2.43. The second-order valence-electron chi connectivity index (χ2n) is 6.08. The summed E-state index contributed by atoms with van der Waals surface area (Å²) in [5.41, 5.74) is 3.59. The number of amides is 2. The lowest BCUT2D eigenvalue weighted by atomic mass is 10.0. The number of hydrogen-bond acceptors (Lipinski definition) is 5. The Hall–Kier alpha value is -2.22. The summed E-state index contributed by atoms with van der Waals surface area (Å²) in [6.45, 7) is 6.16. The molecule has 0 aliphatic carbocycles. The highest BCUT2D eigenvalue weighted by atomic mass is 32.1. The SMILES string of the molecule is CC(=O)Nc1nc(C(=O)N2CCC[C@H]2c2c(C)nn(C)c2C)cs1. The molecular weight excluding hydrogens is 326 g/mol. The summed E-state index contributed by atoms with van der Waals surface area (Å²) >= 11 is 1.27. The summed E-state index contributed by atoms with van der Waals surface area (Å²) < 4.78 is 1.86. The lowest BCUT2D eigenvalue weighted by Crippen LogP contribution is -2.31. The number of rotatable bonds is 3. The molecule has 0 aromatic carbocycles. The molecule has 1 aliphatic heterocycles. The summed E-state index contributed by atoms with van der Waals surface area (Å²) in [7, 11) is 1.92. The molecule has 2 amide bonds. The molecule has 0 unspecified atom stereocenters. The Morgan fingerprint density at radius 3 is 2.75 bits per heavy atom. The van der Waals surface area contributed by atoms with Gasteiger partial charge in [-0.25, -0.2) is 4.98 Å². The topological polar surface area (TPSA) is 80.1 Å². The van der Waals surface area contributed by atoms with Gasteiger partial charge in [0.05, 0.1) is 11.7 Å². The van der Waals surface area contributed by atoms with Gasteiger partial charge in [-0.15, -0.1) is 11.3 Å². The number of likely N-dealkylation sites (tertiary alicyclic amines) is 1. The van der Waals surface area contributed by atoms with Gasteiger partial charge in [0.1, 0.15) is 5.69 Å². The van der Waals surface area contributed by atoms with Crippen molar-refractivity contribution in [1.82, 2.24) is 19.7 Å². The van der Waals surface area contributed by atoms with E-state index < -0.39 is 0 Å². The summed E-state index contributed by atoms with van der Waals surface area (Å²) in [6, 6.07) is 0.0390. The molecule has 1 fully saturated rings. The molecule has 3 rings (SSSR count). The van der Waals surface area contributed by atoms with Gasteiger partial charge >= 0.3 is 0 Å². The fourth-order valence-electron chi connectivity index (χ4n) is 3.31. The fourth-order valence-corrected chi connectivity index (χ4v) is 4.04. The normalized spacial score (nSPS) is 17.3. The summed E-state index contributed by atoms with van der Waals surface area (Å²) in [6.07, 6.45) is 1.90. The van der Waals surface area contributed by atoms with Crippen molar-refractivity contribution in [3.63, 3.8) is 0 Å². The number of aromatic nitrogens is 3. The van der Waals surface area contributed by atoms with E-state index in [0.29, 0.717) is 17.4 Å². The van der Waals surface area contributed by atoms with Crippen LogP contribution in [0.1, 0.15) is 53.2 Å². The van der Waals surface area contributed by atoms with Crippen molar-refractivity contribution in [2.45, 2.75) is 39.7 Å². The van der Waals surface area contributed by atoms with Crippen LogP contribution in [0.4, 0.5) is 5.13 Å². The van der Waals surface area contributed by atoms with Gasteiger partial charge in [0, 0.05) is 37.2 Å². The van der Waals surface area contributed by atoms with Crippen LogP contribution < -0.4 is 5.32 Å². The molecule has 2 aromatic heterocycles. The Labute approximate surface area is 144 Å². The highest BCUT2D eigenvalue weighted by molar-refractivity contribution is 7.14. The highest BCUT2D eigenvalue weighted by Crippen LogP contribution is 2.36. The third-order valence-electron chi connectivity index (χ3n) is 4.42. The molecule has 24 heavy (non-hydrogen) atoms. The molecule has 0 bridgehead atoms. The zero-order valence-electron chi connectivity index (χ0n) is 14.3. The van der Waals surface area contributed by atoms with Crippen molar-refractivity contribution in [3.8, 4) is 0 Å². The Morgan fingerprint density at radius 1 is 1.38 bits per heavy atom. The summed E-state index contributed by atoms with van der Waals surface area (Å²) in [5, 5.41) is 9.25. The van der Waals surface area contributed by atoms with Crippen molar-refractivity contribution in [2.24, 2.45) is 7.05 Å². The van der Waals surface area contributed by atoms with Crippen LogP contribution in [0.3, 0.4) is 0 Å². The van der Waals surface area contributed by atoms with Crippen LogP contribution in [0, 0.1) is 13.8 Å². The van der Waals surface area contributed by atoms with Crippen LogP contribution in [0.25, 0.3) is 0 Å². The highest BCUT2D eigenvalue weighted by Gasteiger charge is 2.34. The summed E-state index contributed by atoms with van der Waals surface area (Å²) in [4.78, 5) is 30.1.